The van der Waals surface area contributed by atoms with Crippen LogP contribution in [0.4, 0.5) is 15.9 Å². The smallest absolute Gasteiger partial charge is 0.258 e. The molecule has 1 saturated carbocycles. The molecule has 1 aliphatic carbocycles. The predicted molar refractivity (Wildman–Crippen MR) is 94.8 cm³/mol. The lowest BCUT2D eigenvalue weighted by Gasteiger charge is -2.11. The fourth-order valence-electron chi connectivity index (χ4n) is 2.26. The van der Waals surface area contributed by atoms with Crippen LogP contribution in [0.25, 0.3) is 0 Å². The van der Waals surface area contributed by atoms with Crippen molar-refractivity contribution < 1.29 is 14.0 Å². The summed E-state index contributed by atoms with van der Waals surface area (Å²) in [7, 11) is 0. The van der Waals surface area contributed by atoms with Crippen LogP contribution in [-0.2, 0) is 11.5 Å². The van der Waals surface area contributed by atoms with Gasteiger partial charge >= 0.3 is 0 Å². The molecule has 0 aliphatic heterocycles. The number of amides is 2. The highest BCUT2D eigenvalue weighted by Crippen LogP contribution is 2.30. The Balaban J connectivity index is 1.76. The molecule has 3 rings (SSSR count). The third-order valence-corrected chi connectivity index (χ3v) is 4.30. The number of carbonyl (C=O) groups excluding carboxylic acids is 2. The quantitative estimate of drug-likeness (QED) is 0.802. The molecule has 0 saturated heterocycles. The van der Waals surface area contributed by atoms with Crippen LogP contribution < -0.4 is 10.6 Å². The fourth-order valence-corrected chi connectivity index (χ4v) is 2.97. The number of pyridine rings is 1. The second-order valence-corrected chi connectivity index (χ2v) is 6.53. The molecular weight excluding hydrogens is 368 g/mol. The van der Waals surface area contributed by atoms with E-state index in [0.29, 0.717) is 17.1 Å². The lowest BCUT2D eigenvalue weighted by Crippen LogP contribution is -2.16. The summed E-state index contributed by atoms with van der Waals surface area (Å²) in [5, 5.41) is 5.47. The van der Waals surface area contributed by atoms with E-state index in [2.05, 4.69) is 15.6 Å². The van der Waals surface area contributed by atoms with Crippen LogP contribution in [0.3, 0.4) is 0 Å². The number of hydrogen-bond donors (Lipinski definition) is 2. The molecule has 1 aliphatic rings. The van der Waals surface area contributed by atoms with Gasteiger partial charge in [-0.05, 0) is 36.6 Å². The first-order valence-electron chi connectivity index (χ1n) is 7.60. The first-order chi connectivity index (χ1) is 12.0. The highest BCUT2D eigenvalue weighted by atomic mass is 35.5. The van der Waals surface area contributed by atoms with Crippen molar-refractivity contribution in [1.29, 1.82) is 0 Å². The Morgan fingerprint density at radius 2 is 1.84 bits per heavy atom. The summed E-state index contributed by atoms with van der Waals surface area (Å²) in [6.45, 7) is -0.726. The maximum Gasteiger partial charge on any atom is 0.258 e. The first kappa shape index (κ1) is 17.6. The molecule has 2 amide bonds. The molecule has 1 aromatic carbocycles. The first-order valence-corrected chi connectivity index (χ1v) is 8.35. The predicted octanol–water partition coefficient (Wildman–Crippen LogP) is 4.46. The van der Waals surface area contributed by atoms with Crippen LogP contribution in [0, 0.1) is 5.92 Å². The number of anilines is 2. The highest BCUT2D eigenvalue weighted by molar-refractivity contribution is 6.40. The number of rotatable bonds is 5. The molecule has 0 spiro atoms. The Hall–Kier alpha value is -2.18. The van der Waals surface area contributed by atoms with Crippen LogP contribution in [0.15, 0.2) is 30.5 Å². The van der Waals surface area contributed by atoms with E-state index in [9.17, 15) is 14.0 Å². The lowest BCUT2D eigenvalue weighted by atomic mass is 10.1. The summed E-state index contributed by atoms with van der Waals surface area (Å²) < 4.78 is 12.7. The van der Waals surface area contributed by atoms with E-state index in [1.807, 2.05) is 0 Å². The number of nitrogens with one attached hydrogen (secondary N) is 2. The van der Waals surface area contributed by atoms with Gasteiger partial charge in [-0.1, -0.05) is 23.2 Å². The summed E-state index contributed by atoms with van der Waals surface area (Å²) in [4.78, 5) is 28.3. The fraction of sp³-hybridized carbons (Fsp3) is 0.235. The van der Waals surface area contributed by atoms with Gasteiger partial charge in [0.05, 0.1) is 15.6 Å². The van der Waals surface area contributed by atoms with Crippen molar-refractivity contribution in [2.45, 2.75) is 19.5 Å². The lowest BCUT2D eigenvalue weighted by molar-refractivity contribution is -0.117. The van der Waals surface area contributed by atoms with Crippen LogP contribution in [0.5, 0.6) is 0 Å². The monoisotopic (exact) mass is 381 g/mol. The number of hydrogen-bond acceptors (Lipinski definition) is 3. The SMILES string of the molecule is O=C(Nc1ccnc(NC(=O)C2CC2)c1)c1c(Cl)cc(CF)cc1Cl. The van der Waals surface area contributed by atoms with Gasteiger partial charge in [0, 0.05) is 23.9 Å². The van der Waals surface area contributed by atoms with E-state index in [4.69, 9.17) is 23.2 Å². The second-order valence-electron chi connectivity index (χ2n) is 5.72. The van der Waals surface area contributed by atoms with Crippen molar-refractivity contribution in [3.8, 4) is 0 Å². The van der Waals surface area contributed by atoms with E-state index in [-0.39, 0.29) is 27.4 Å². The minimum absolute atomic E-state index is 0.0479. The number of carbonyl (C=O) groups is 2. The van der Waals surface area contributed by atoms with E-state index < -0.39 is 12.6 Å². The zero-order valence-corrected chi connectivity index (χ0v) is 14.5. The van der Waals surface area contributed by atoms with E-state index in [1.54, 1.807) is 6.07 Å². The average molecular weight is 382 g/mol. The average Bonchev–Trinajstić information content (AvgIpc) is 3.39. The molecule has 25 heavy (non-hydrogen) atoms. The summed E-state index contributed by atoms with van der Waals surface area (Å²) in [6, 6.07) is 5.82. The van der Waals surface area contributed by atoms with E-state index in [1.165, 1.54) is 24.4 Å². The molecule has 5 nitrogen and oxygen atoms in total. The van der Waals surface area contributed by atoms with Crippen LogP contribution in [-0.4, -0.2) is 16.8 Å². The van der Waals surface area contributed by atoms with Gasteiger partial charge in [-0.15, -0.1) is 0 Å². The van der Waals surface area contributed by atoms with Crippen molar-refractivity contribution in [3.63, 3.8) is 0 Å². The maximum atomic E-state index is 12.7. The van der Waals surface area contributed by atoms with Gasteiger partial charge in [0.15, 0.2) is 0 Å². The van der Waals surface area contributed by atoms with Gasteiger partial charge in [-0.25, -0.2) is 9.37 Å². The van der Waals surface area contributed by atoms with E-state index in [0.717, 1.165) is 12.8 Å². The third kappa shape index (κ3) is 4.27. The molecular formula is C17H14Cl2FN3O2. The maximum absolute atomic E-state index is 12.7. The van der Waals surface area contributed by atoms with Gasteiger partial charge < -0.3 is 10.6 Å². The van der Waals surface area contributed by atoms with Gasteiger partial charge in [0.1, 0.15) is 12.5 Å². The molecule has 1 fully saturated rings. The van der Waals surface area contributed by atoms with Crippen LogP contribution in [0.2, 0.25) is 10.0 Å². The van der Waals surface area contributed by atoms with Crippen molar-refractivity contribution in [2.24, 2.45) is 5.92 Å². The normalized spacial score (nSPS) is 13.4. The number of halogens is 3. The Labute approximate surface area is 153 Å². The summed E-state index contributed by atoms with van der Waals surface area (Å²) in [6.07, 6.45) is 3.23. The molecule has 0 atom stereocenters. The Morgan fingerprint density at radius 3 is 2.44 bits per heavy atom. The minimum atomic E-state index is -0.726. The Kier molecular flexibility index (Phi) is 5.20. The van der Waals surface area contributed by atoms with Gasteiger partial charge in [-0.3, -0.25) is 9.59 Å². The molecule has 0 radical (unpaired) electrons. The van der Waals surface area contributed by atoms with Gasteiger partial charge in [0.2, 0.25) is 5.91 Å². The third-order valence-electron chi connectivity index (χ3n) is 3.70. The molecule has 8 heteroatoms. The summed E-state index contributed by atoms with van der Waals surface area (Å²) in [5.74, 6) is -0.221. The molecule has 2 N–H and O–H groups in total. The minimum Gasteiger partial charge on any atom is -0.322 e. The molecule has 2 aromatic rings. The van der Waals surface area contributed by atoms with E-state index >= 15 is 0 Å². The second kappa shape index (κ2) is 7.37. The van der Waals surface area contributed by atoms with Crippen molar-refractivity contribution in [2.75, 3.05) is 10.6 Å². The summed E-state index contributed by atoms with van der Waals surface area (Å²) >= 11 is 12.1. The largest absolute Gasteiger partial charge is 0.322 e. The summed E-state index contributed by atoms with van der Waals surface area (Å²) in [5.41, 5.74) is 0.772. The molecule has 0 unspecified atom stereocenters. The standard InChI is InChI=1S/C17H14Cl2FN3O2/c18-12-5-9(8-20)6-13(19)15(12)17(25)22-11-3-4-21-14(7-11)23-16(24)10-1-2-10/h3-7,10H,1-2,8H2,(H2,21,22,23,24,25). The molecule has 1 aromatic heterocycles. The van der Waals surface area contributed by atoms with Gasteiger partial charge in [-0.2, -0.15) is 0 Å². The molecule has 0 bridgehead atoms. The Morgan fingerprint density at radius 1 is 1.16 bits per heavy atom. The van der Waals surface area contributed by atoms with Crippen molar-refractivity contribution >= 4 is 46.5 Å². The Bertz CT molecular complexity index is 817. The molecule has 130 valence electrons. The number of aromatic nitrogens is 1. The van der Waals surface area contributed by atoms with Gasteiger partial charge in [0.25, 0.3) is 5.91 Å². The number of nitrogens with zero attached hydrogens (tertiary/aromatic N) is 1. The topological polar surface area (TPSA) is 71.1 Å². The zero-order valence-electron chi connectivity index (χ0n) is 13.0. The van der Waals surface area contributed by atoms with Crippen LogP contribution >= 0.6 is 23.2 Å². The number of benzene rings is 1. The number of alkyl halides is 1. The molecule has 1 heterocycles. The highest BCUT2D eigenvalue weighted by Gasteiger charge is 2.29. The van der Waals surface area contributed by atoms with Crippen molar-refractivity contribution in [3.05, 3.63) is 51.6 Å². The zero-order chi connectivity index (χ0) is 18.0. The van der Waals surface area contributed by atoms with Crippen LogP contribution in [0.1, 0.15) is 28.8 Å². The van der Waals surface area contributed by atoms with Crippen molar-refractivity contribution in [1.82, 2.24) is 4.98 Å².